The van der Waals surface area contributed by atoms with Gasteiger partial charge in [0.25, 0.3) is 0 Å². The largest absolute Gasteiger partial charge is 0.423 e. The molecule has 0 unspecified atom stereocenters. The Kier molecular flexibility index (Phi) is 4.98. The summed E-state index contributed by atoms with van der Waals surface area (Å²) in [7, 11) is 0. The van der Waals surface area contributed by atoms with Gasteiger partial charge in [-0.3, -0.25) is 0 Å². The number of nitrogens with zero attached hydrogens (tertiary/aromatic N) is 2. The summed E-state index contributed by atoms with van der Waals surface area (Å²) in [6.07, 6.45) is 0. The number of benzene rings is 1. The minimum absolute atomic E-state index is 0.121. The molecule has 3 aromatic rings. The molecule has 2 amide bonds. The number of rotatable bonds is 4. The molecular weight excluding hydrogens is 348 g/mol. The smallest absolute Gasteiger partial charge is 0.336 e. The van der Waals surface area contributed by atoms with Gasteiger partial charge in [0.2, 0.25) is 11.8 Å². The summed E-state index contributed by atoms with van der Waals surface area (Å²) in [5.74, 6) is 0.999. The summed E-state index contributed by atoms with van der Waals surface area (Å²) >= 11 is 0. The van der Waals surface area contributed by atoms with E-state index in [2.05, 4.69) is 20.8 Å². The molecule has 0 spiro atoms. The van der Waals surface area contributed by atoms with Crippen LogP contribution in [-0.2, 0) is 0 Å². The summed E-state index contributed by atoms with van der Waals surface area (Å²) in [6, 6.07) is 4.10. The van der Waals surface area contributed by atoms with Crippen LogP contribution in [0.4, 0.5) is 10.5 Å². The Morgan fingerprint density at radius 2 is 1.70 bits per heavy atom. The minimum atomic E-state index is -0.439. The number of carbonyl (C=O) groups is 1. The molecule has 8 nitrogen and oxygen atoms in total. The van der Waals surface area contributed by atoms with Crippen molar-refractivity contribution in [2.24, 2.45) is 0 Å². The highest BCUT2D eigenvalue weighted by molar-refractivity contribution is 5.94. The molecule has 142 valence electrons. The fraction of sp³-hybridized carbons (Fsp3) is 0.368. The highest BCUT2D eigenvalue weighted by Gasteiger charge is 2.18. The SMILES string of the molecule is Cc1cc2oc(=O)cc(C)c2cc1NC(=O)N[C@@H](C)c1nnc(C(C)C)o1. The molecule has 0 saturated heterocycles. The van der Waals surface area contributed by atoms with E-state index in [1.807, 2.05) is 27.7 Å². The van der Waals surface area contributed by atoms with Crippen LogP contribution >= 0.6 is 0 Å². The zero-order valence-corrected chi connectivity index (χ0v) is 15.9. The number of urea groups is 1. The number of amides is 2. The minimum Gasteiger partial charge on any atom is -0.423 e. The molecule has 0 aliphatic heterocycles. The number of fused-ring (bicyclic) bond motifs is 1. The lowest BCUT2D eigenvalue weighted by molar-refractivity contribution is 0.246. The van der Waals surface area contributed by atoms with Crippen LogP contribution in [0, 0.1) is 13.8 Å². The van der Waals surface area contributed by atoms with Crippen LogP contribution in [0.15, 0.2) is 31.8 Å². The third-order valence-corrected chi connectivity index (χ3v) is 4.21. The number of hydrogen-bond acceptors (Lipinski definition) is 6. The fourth-order valence-electron chi connectivity index (χ4n) is 2.67. The molecule has 0 bridgehead atoms. The van der Waals surface area contributed by atoms with Gasteiger partial charge >= 0.3 is 11.7 Å². The summed E-state index contributed by atoms with van der Waals surface area (Å²) < 4.78 is 10.8. The molecule has 8 heteroatoms. The average Bonchev–Trinajstić information content (AvgIpc) is 3.06. The van der Waals surface area contributed by atoms with Gasteiger partial charge in [0, 0.05) is 23.1 Å². The summed E-state index contributed by atoms with van der Waals surface area (Å²) in [5.41, 5.74) is 2.28. The standard InChI is InChI=1S/C19H22N4O4/c1-9(2)17-22-23-18(27-17)12(5)20-19(25)21-14-8-13-10(3)7-16(24)26-15(13)6-11(14)4/h6-9,12H,1-5H3,(H2,20,21,25)/t12-/m0/s1. The normalized spacial score (nSPS) is 12.4. The van der Waals surface area contributed by atoms with E-state index in [0.717, 1.165) is 16.5 Å². The number of hydrogen-bond donors (Lipinski definition) is 2. The van der Waals surface area contributed by atoms with Crippen LogP contribution in [0.1, 0.15) is 55.6 Å². The lowest BCUT2D eigenvalue weighted by atomic mass is 10.1. The molecule has 1 aromatic carbocycles. The van der Waals surface area contributed by atoms with E-state index in [-0.39, 0.29) is 5.92 Å². The summed E-state index contributed by atoms with van der Waals surface area (Å²) in [5, 5.41) is 14.3. The van der Waals surface area contributed by atoms with Crippen LogP contribution in [-0.4, -0.2) is 16.2 Å². The third kappa shape index (κ3) is 3.99. The highest BCUT2D eigenvalue weighted by Crippen LogP contribution is 2.25. The predicted molar refractivity (Wildman–Crippen MR) is 101 cm³/mol. The van der Waals surface area contributed by atoms with E-state index >= 15 is 0 Å². The second-order valence-electron chi connectivity index (χ2n) is 6.87. The first-order valence-electron chi connectivity index (χ1n) is 8.70. The maximum atomic E-state index is 12.4. The maximum absolute atomic E-state index is 12.4. The van der Waals surface area contributed by atoms with E-state index in [0.29, 0.717) is 23.1 Å². The van der Waals surface area contributed by atoms with Gasteiger partial charge in [0.1, 0.15) is 11.6 Å². The van der Waals surface area contributed by atoms with Crippen LogP contribution in [0.5, 0.6) is 0 Å². The quantitative estimate of drug-likeness (QED) is 0.676. The Bertz CT molecular complexity index is 1050. The van der Waals surface area contributed by atoms with Crippen molar-refractivity contribution >= 4 is 22.7 Å². The Balaban J connectivity index is 1.77. The van der Waals surface area contributed by atoms with Crippen molar-refractivity contribution in [2.75, 3.05) is 5.32 Å². The van der Waals surface area contributed by atoms with E-state index in [1.54, 1.807) is 19.1 Å². The zero-order valence-electron chi connectivity index (χ0n) is 15.9. The van der Waals surface area contributed by atoms with Crippen LogP contribution < -0.4 is 16.3 Å². The Hall–Kier alpha value is -3.16. The Labute approximate surface area is 156 Å². The second kappa shape index (κ2) is 7.22. The molecule has 0 fully saturated rings. The Morgan fingerprint density at radius 1 is 1.00 bits per heavy atom. The summed E-state index contributed by atoms with van der Waals surface area (Å²) in [6.45, 7) is 9.32. The number of aromatic nitrogens is 2. The predicted octanol–water partition coefficient (Wildman–Crippen LogP) is 3.80. The van der Waals surface area contributed by atoms with E-state index < -0.39 is 17.7 Å². The van der Waals surface area contributed by atoms with Crippen molar-refractivity contribution in [3.63, 3.8) is 0 Å². The molecule has 1 atom stereocenters. The van der Waals surface area contributed by atoms with Crippen molar-refractivity contribution in [3.8, 4) is 0 Å². The first-order chi connectivity index (χ1) is 12.7. The molecule has 3 rings (SSSR count). The zero-order chi connectivity index (χ0) is 19.7. The van der Waals surface area contributed by atoms with Gasteiger partial charge in [-0.25, -0.2) is 9.59 Å². The van der Waals surface area contributed by atoms with E-state index in [1.165, 1.54) is 6.07 Å². The van der Waals surface area contributed by atoms with Gasteiger partial charge in [-0.05, 0) is 44.0 Å². The van der Waals surface area contributed by atoms with Gasteiger partial charge in [-0.2, -0.15) is 0 Å². The topological polar surface area (TPSA) is 110 Å². The first-order valence-corrected chi connectivity index (χ1v) is 8.70. The first kappa shape index (κ1) is 18.6. The van der Waals surface area contributed by atoms with Crippen molar-refractivity contribution < 1.29 is 13.6 Å². The average molecular weight is 370 g/mol. The van der Waals surface area contributed by atoms with Gasteiger partial charge in [0.05, 0.1) is 0 Å². The molecule has 0 aliphatic rings. The van der Waals surface area contributed by atoms with Crippen molar-refractivity contribution in [3.05, 3.63) is 51.5 Å². The van der Waals surface area contributed by atoms with Gasteiger partial charge in [-0.1, -0.05) is 13.8 Å². The highest BCUT2D eigenvalue weighted by atomic mass is 16.4. The van der Waals surface area contributed by atoms with Crippen LogP contribution in [0.2, 0.25) is 0 Å². The van der Waals surface area contributed by atoms with Crippen LogP contribution in [0.25, 0.3) is 11.0 Å². The second-order valence-corrected chi connectivity index (χ2v) is 6.87. The van der Waals surface area contributed by atoms with Crippen molar-refractivity contribution in [1.29, 1.82) is 0 Å². The monoisotopic (exact) mass is 370 g/mol. The maximum Gasteiger partial charge on any atom is 0.336 e. The number of aryl methyl sites for hydroxylation is 2. The molecular formula is C19H22N4O4. The molecule has 0 radical (unpaired) electrons. The lowest BCUT2D eigenvalue weighted by Gasteiger charge is -2.14. The van der Waals surface area contributed by atoms with E-state index in [9.17, 15) is 9.59 Å². The van der Waals surface area contributed by atoms with E-state index in [4.69, 9.17) is 8.83 Å². The number of carbonyl (C=O) groups excluding carboxylic acids is 1. The molecule has 27 heavy (non-hydrogen) atoms. The molecule has 2 aromatic heterocycles. The lowest BCUT2D eigenvalue weighted by Crippen LogP contribution is -2.31. The van der Waals surface area contributed by atoms with Crippen molar-refractivity contribution in [1.82, 2.24) is 15.5 Å². The Morgan fingerprint density at radius 3 is 2.37 bits per heavy atom. The number of nitrogens with one attached hydrogen (secondary N) is 2. The van der Waals surface area contributed by atoms with Gasteiger partial charge < -0.3 is 19.5 Å². The third-order valence-electron chi connectivity index (χ3n) is 4.21. The summed E-state index contributed by atoms with van der Waals surface area (Å²) in [4.78, 5) is 23.9. The van der Waals surface area contributed by atoms with Gasteiger partial charge in [0.15, 0.2) is 0 Å². The fourth-order valence-corrected chi connectivity index (χ4v) is 2.67. The molecule has 0 aliphatic carbocycles. The van der Waals surface area contributed by atoms with Crippen LogP contribution in [0.3, 0.4) is 0 Å². The molecule has 0 saturated carbocycles. The molecule has 2 heterocycles. The van der Waals surface area contributed by atoms with Gasteiger partial charge in [-0.15, -0.1) is 10.2 Å². The molecule has 2 N–H and O–H groups in total. The number of anilines is 1. The van der Waals surface area contributed by atoms with Crippen molar-refractivity contribution in [2.45, 2.75) is 46.6 Å².